The molecule has 0 amide bonds. The maximum atomic E-state index is 5.45. The van der Waals surface area contributed by atoms with Crippen LogP contribution in [0.4, 0.5) is 0 Å². The highest BCUT2D eigenvalue weighted by atomic mass is 16.5. The summed E-state index contributed by atoms with van der Waals surface area (Å²) in [5.41, 5.74) is 0. The van der Waals surface area contributed by atoms with Crippen molar-refractivity contribution in [2.45, 2.75) is 39.7 Å². The van der Waals surface area contributed by atoms with E-state index in [1.165, 1.54) is 12.8 Å². The van der Waals surface area contributed by atoms with E-state index in [0.29, 0.717) is 19.3 Å². The minimum atomic E-state index is 0.433. The molecule has 1 atom stereocenters. The zero-order valence-corrected chi connectivity index (χ0v) is 10.7. The van der Waals surface area contributed by atoms with Crippen molar-refractivity contribution < 1.29 is 9.47 Å². The van der Waals surface area contributed by atoms with Gasteiger partial charge in [-0.3, -0.25) is 0 Å². The summed E-state index contributed by atoms with van der Waals surface area (Å²) >= 11 is 0. The number of methoxy groups -OCH3 is 1. The predicted molar refractivity (Wildman–Crippen MR) is 64.2 cm³/mol. The highest BCUT2D eigenvalue weighted by Crippen LogP contribution is 2.05. The molecule has 0 bridgehead atoms. The minimum Gasteiger partial charge on any atom is -0.382 e. The topological polar surface area (TPSA) is 30.5 Å². The minimum absolute atomic E-state index is 0.433. The van der Waals surface area contributed by atoms with Gasteiger partial charge < -0.3 is 14.8 Å². The van der Waals surface area contributed by atoms with Gasteiger partial charge >= 0.3 is 0 Å². The molecular weight excluding hydrogens is 190 g/mol. The number of ether oxygens (including phenoxy) is 2. The van der Waals surface area contributed by atoms with Crippen molar-refractivity contribution in [1.82, 2.24) is 5.32 Å². The monoisotopic (exact) mass is 217 g/mol. The summed E-state index contributed by atoms with van der Waals surface area (Å²) in [5, 5.41) is 3.50. The number of hydrogen-bond donors (Lipinski definition) is 1. The van der Waals surface area contributed by atoms with Crippen molar-refractivity contribution in [3.05, 3.63) is 0 Å². The van der Waals surface area contributed by atoms with Crippen LogP contribution < -0.4 is 5.32 Å². The Morgan fingerprint density at radius 1 is 1.13 bits per heavy atom. The van der Waals surface area contributed by atoms with Gasteiger partial charge in [0.1, 0.15) is 0 Å². The molecule has 15 heavy (non-hydrogen) atoms. The van der Waals surface area contributed by atoms with Gasteiger partial charge in [-0.1, -0.05) is 26.7 Å². The fraction of sp³-hybridized carbons (Fsp3) is 1.00. The van der Waals surface area contributed by atoms with Gasteiger partial charge in [-0.05, 0) is 19.4 Å². The lowest BCUT2D eigenvalue weighted by Gasteiger charge is -2.18. The van der Waals surface area contributed by atoms with Crippen LogP contribution in [0.2, 0.25) is 0 Å². The maximum Gasteiger partial charge on any atom is 0.0701 e. The van der Waals surface area contributed by atoms with Gasteiger partial charge in [0.25, 0.3) is 0 Å². The van der Waals surface area contributed by atoms with Crippen molar-refractivity contribution in [3.8, 4) is 0 Å². The van der Waals surface area contributed by atoms with Crippen LogP contribution in [0.25, 0.3) is 0 Å². The van der Waals surface area contributed by atoms with Crippen LogP contribution in [0.15, 0.2) is 0 Å². The summed E-state index contributed by atoms with van der Waals surface area (Å²) in [6.45, 7) is 9.89. The number of nitrogens with one attached hydrogen (secondary N) is 1. The second kappa shape index (κ2) is 10.4. The molecule has 0 saturated carbocycles. The van der Waals surface area contributed by atoms with E-state index in [1.807, 2.05) is 0 Å². The molecule has 1 unspecified atom stereocenters. The van der Waals surface area contributed by atoms with Crippen molar-refractivity contribution in [2.75, 3.05) is 33.5 Å². The molecule has 0 heterocycles. The molecule has 3 heteroatoms. The lowest BCUT2D eigenvalue weighted by molar-refractivity contribution is 0.0604. The standard InChI is InChI=1S/C12H27NO2/c1-5-12(6-2)9-13-11(3)10-15-8-7-14-4/h11-13H,5-10H2,1-4H3. The Hall–Kier alpha value is -0.120. The average Bonchev–Trinajstić information content (AvgIpc) is 2.26. The van der Waals surface area contributed by atoms with Crippen LogP contribution in [-0.4, -0.2) is 39.5 Å². The molecule has 0 fully saturated rings. The zero-order valence-electron chi connectivity index (χ0n) is 10.7. The largest absolute Gasteiger partial charge is 0.382 e. The molecule has 0 aromatic heterocycles. The highest BCUT2D eigenvalue weighted by molar-refractivity contribution is 4.64. The third kappa shape index (κ3) is 8.85. The molecule has 0 aliphatic rings. The van der Waals surface area contributed by atoms with E-state index in [0.717, 1.165) is 19.1 Å². The molecule has 0 aromatic rings. The molecule has 0 saturated heterocycles. The van der Waals surface area contributed by atoms with Crippen molar-refractivity contribution in [1.29, 1.82) is 0 Å². The smallest absolute Gasteiger partial charge is 0.0701 e. The third-order valence-electron chi connectivity index (χ3n) is 2.71. The molecule has 0 aromatic carbocycles. The molecule has 92 valence electrons. The van der Waals surface area contributed by atoms with Crippen LogP contribution in [0.1, 0.15) is 33.6 Å². The fourth-order valence-electron chi connectivity index (χ4n) is 1.41. The quantitative estimate of drug-likeness (QED) is 0.568. The average molecular weight is 217 g/mol. The van der Waals surface area contributed by atoms with Gasteiger partial charge in [0, 0.05) is 13.2 Å². The first-order valence-electron chi connectivity index (χ1n) is 6.04. The Balaban J connectivity index is 3.35. The number of rotatable bonds is 10. The summed E-state index contributed by atoms with van der Waals surface area (Å²) in [5.74, 6) is 0.798. The van der Waals surface area contributed by atoms with Crippen LogP contribution in [0.3, 0.4) is 0 Å². The normalized spacial score (nSPS) is 13.4. The van der Waals surface area contributed by atoms with Gasteiger partial charge in [-0.2, -0.15) is 0 Å². The van der Waals surface area contributed by atoms with E-state index >= 15 is 0 Å². The van der Waals surface area contributed by atoms with Crippen LogP contribution in [0, 0.1) is 5.92 Å². The second-order valence-corrected chi connectivity index (χ2v) is 4.06. The molecule has 0 aliphatic heterocycles. The Labute approximate surface area is 94.5 Å². The zero-order chi connectivity index (χ0) is 11.5. The first-order valence-corrected chi connectivity index (χ1v) is 6.04. The molecule has 1 N–H and O–H groups in total. The first-order chi connectivity index (χ1) is 7.24. The van der Waals surface area contributed by atoms with Gasteiger partial charge in [-0.25, -0.2) is 0 Å². The van der Waals surface area contributed by atoms with Crippen LogP contribution in [-0.2, 0) is 9.47 Å². The summed E-state index contributed by atoms with van der Waals surface area (Å²) in [4.78, 5) is 0. The van der Waals surface area contributed by atoms with E-state index in [9.17, 15) is 0 Å². The molecular formula is C12H27NO2. The van der Waals surface area contributed by atoms with Gasteiger partial charge in [0.15, 0.2) is 0 Å². The molecule has 0 rings (SSSR count). The summed E-state index contributed by atoms with van der Waals surface area (Å²) in [6.07, 6.45) is 2.50. The van der Waals surface area contributed by atoms with E-state index in [1.54, 1.807) is 7.11 Å². The van der Waals surface area contributed by atoms with E-state index < -0.39 is 0 Å². The van der Waals surface area contributed by atoms with E-state index in [-0.39, 0.29) is 0 Å². The lowest BCUT2D eigenvalue weighted by Crippen LogP contribution is -2.34. The first kappa shape index (κ1) is 14.9. The van der Waals surface area contributed by atoms with Crippen LogP contribution >= 0.6 is 0 Å². The Kier molecular flexibility index (Phi) is 10.3. The van der Waals surface area contributed by atoms with E-state index in [4.69, 9.17) is 9.47 Å². The molecule has 0 radical (unpaired) electrons. The highest BCUT2D eigenvalue weighted by Gasteiger charge is 2.06. The van der Waals surface area contributed by atoms with Gasteiger partial charge in [0.2, 0.25) is 0 Å². The number of hydrogen-bond acceptors (Lipinski definition) is 3. The fourth-order valence-corrected chi connectivity index (χ4v) is 1.41. The Morgan fingerprint density at radius 2 is 1.80 bits per heavy atom. The molecule has 0 aliphatic carbocycles. The Bertz CT molecular complexity index is 127. The van der Waals surface area contributed by atoms with Gasteiger partial charge in [0.05, 0.1) is 19.8 Å². The summed E-state index contributed by atoms with van der Waals surface area (Å²) in [6, 6.07) is 0.433. The SMILES string of the molecule is CCC(CC)CNC(C)COCCOC. The van der Waals surface area contributed by atoms with E-state index in [2.05, 4.69) is 26.1 Å². The summed E-state index contributed by atoms with van der Waals surface area (Å²) < 4.78 is 10.4. The lowest BCUT2D eigenvalue weighted by atomic mass is 10.0. The second-order valence-electron chi connectivity index (χ2n) is 4.06. The molecule has 3 nitrogen and oxygen atoms in total. The Morgan fingerprint density at radius 3 is 2.33 bits per heavy atom. The summed E-state index contributed by atoms with van der Waals surface area (Å²) in [7, 11) is 1.69. The molecule has 0 spiro atoms. The van der Waals surface area contributed by atoms with Gasteiger partial charge in [-0.15, -0.1) is 0 Å². The van der Waals surface area contributed by atoms with Crippen LogP contribution in [0.5, 0.6) is 0 Å². The third-order valence-corrected chi connectivity index (χ3v) is 2.71. The van der Waals surface area contributed by atoms with Crippen molar-refractivity contribution in [2.24, 2.45) is 5.92 Å². The predicted octanol–water partition coefficient (Wildman–Crippen LogP) is 2.06. The van der Waals surface area contributed by atoms with Crippen molar-refractivity contribution in [3.63, 3.8) is 0 Å². The van der Waals surface area contributed by atoms with Crippen molar-refractivity contribution >= 4 is 0 Å². The maximum absolute atomic E-state index is 5.45.